The summed E-state index contributed by atoms with van der Waals surface area (Å²) in [5, 5.41) is 9.35. The Morgan fingerprint density at radius 1 is 1.29 bits per heavy atom. The molecule has 1 aromatic carbocycles. The number of nitrogens with zero attached hydrogens (tertiary/aromatic N) is 2. The van der Waals surface area contributed by atoms with Crippen LogP contribution in [0.15, 0.2) is 18.2 Å². The Kier molecular flexibility index (Phi) is 4.13. The molecule has 1 aromatic heterocycles. The number of ether oxygens (including phenoxy) is 2. The number of carboxylic acids is 1. The molecule has 0 unspecified atom stereocenters. The predicted molar refractivity (Wildman–Crippen MR) is 78.6 cm³/mol. The van der Waals surface area contributed by atoms with Crippen molar-refractivity contribution in [1.82, 2.24) is 9.36 Å². The average Bonchev–Trinajstić information content (AvgIpc) is 2.87. The SMILES string of the molecule is COc1cc(C(=O)O)ccc1Oc1nc(C(C)(C)C)ns1. The fourth-order valence-electron chi connectivity index (χ4n) is 1.53. The fraction of sp³-hybridized carbons (Fsp3) is 0.357. The number of hydrogen-bond donors (Lipinski definition) is 1. The van der Waals surface area contributed by atoms with Crippen LogP contribution in [0, 0.1) is 0 Å². The highest BCUT2D eigenvalue weighted by molar-refractivity contribution is 7.07. The molecule has 0 fully saturated rings. The van der Waals surface area contributed by atoms with Gasteiger partial charge < -0.3 is 14.6 Å². The molecule has 0 bridgehead atoms. The maximum Gasteiger partial charge on any atom is 0.335 e. The lowest BCUT2D eigenvalue weighted by atomic mass is 9.96. The van der Waals surface area contributed by atoms with Crippen LogP contribution in [0.3, 0.4) is 0 Å². The number of aromatic nitrogens is 2. The third-order valence-corrected chi connectivity index (χ3v) is 3.28. The molecule has 7 heteroatoms. The second kappa shape index (κ2) is 5.69. The summed E-state index contributed by atoms with van der Waals surface area (Å²) >= 11 is 1.15. The minimum absolute atomic E-state index is 0.131. The van der Waals surface area contributed by atoms with Crippen LogP contribution in [0.25, 0.3) is 0 Å². The summed E-state index contributed by atoms with van der Waals surface area (Å²) < 4.78 is 15.0. The molecule has 0 aliphatic heterocycles. The molecule has 2 rings (SSSR count). The second-order valence-corrected chi connectivity index (χ2v) is 6.12. The Balaban J connectivity index is 2.27. The van der Waals surface area contributed by atoms with Crippen LogP contribution in [0.5, 0.6) is 16.7 Å². The average molecular weight is 308 g/mol. The lowest BCUT2D eigenvalue weighted by Gasteiger charge is -2.12. The number of rotatable bonds is 4. The fourth-order valence-corrected chi connectivity index (χ4v) is 2.27. The van der Waals surface area contributed by atoms with Gasteiger partial charge in [0.15, 0.2) is 17.3 Å². The standard InChI is InChI=1S/C14H16N2O4S/c1-14(2,3)12-15-13(21-16-12)20-9-6-5-8(11(17)18)7-10(9)19-4/h5-7H,1-4H3,(H,17,18). The van der Waals surface area contributed by atoms with Crippen molar-refractivity contribution in [1.29, 1.82) is 0 Å². The Labute approximate surface area is 126 Å². The van der Waals surface area contributed by atoms with E-state index in [1.807, 2.05) is 20.8 Å². The zero-order chi connectivity index (χ0) is 15.6. The van der Waals surface area contributed by atoms with E-state index in [-0.39, 0.29) is 11.0 Å². The zero-order valence-corrected chi connectivity index (χ0v) is 13.0. The van der Waals surface area contributed by atoms with Crippen molar-refractivity contribution >= 4 is 17.5 Å². The lowest BCUT2D eigenvalue weighted by molar-refractivity contribution is 0.0696. The summed E-state index contributed by atoms with van der Waals surface area (Å²) in [4.78, 5) is 15.3. The molecular weight excluding hydrogens is 292 g/mol. The van der Waals surface area contributed by atoms with E-state index < -0.39 is 5.97 Å². The van der Waals surface area contributed by atoms with Gasteiger partial charge in [-0.25, -0.2) is 4.79 Å². The molecular formula is C14H16N2O4S. The second-order valence-electron chi connectivity index (χ2n) is 5.41. The van der Waals surface area contributed by atoms with Crippen LogP contribution < -0.4 is 9.47 Å². The van der Waals surface area contributed by atoms with Gasteiger partial charge in [-0.2, -0.15) is 9.36 Å². The highest BCUT2D eigenvalue weighted by atomic mass is 32.1. The largest absolute Gasteiger partial charge is 0.493 e. The normalized spacial score (nSPS) is 11.2. The van der Waals surface area contributed by atoms with Gasteiger partial charge in [-0.1, -0.05) is 20.8 Å². The highest BCUT2D eigenvalue weighted by Crippen LogP contribution is 2.34. The number of benzene rings is 1. The van der Waals surface area contributed by atoms with Crippen molar-refractivity contribution < 1.29 is 19.4 Å². The third-order valence-electron chi connectivity index (χ3n) is 2.69. The summed E-state index contributed by atoms with van der Waals surface area (Å²) in [6.45, 7) is 6.04. The van der Waals surface area contributed by atoms with Crippen molar-refractivity contribution in [3.8, 4) is 16.7 Å². The van der Waals surface area contributed by atoms with E-state index in [0.29, 0.717) is 22.5 Å². The number of carbonyl (C=O) groups is 1. The summed E-state index contributed by atoms with van der Waals surface area (Å²) in [6.07, 6.45) is 0. The van der Waals surface area contributed by atoms with Crippen LogP contribution in [-0.4, -0.2) is 27.5 Å². The van der Waals surface area contributed by atoms with E-state index in [1.165, 1.54) is 19.2 Å². The zero-order valence-electron chi connectivity index (χ0n) is 12.2. The third kappa shape index (κ3) is 3.49. The first-order valence-corrected chi connectivity index (χ1v) is 7.02. The summed E-state index contributed by atoms with van der Waals surface area (Å²) in [6, 6.07) is 4.40. The Hall–Kier alpha value is -2.15. The number of methoxy groups -OCH3 is 1. The van der Waals surface area contributed by atoms with Crippen molar-refractivity contribution in [2.75, 3.05) is 7.11 Å². The van der Waals surface area contributed by atoms with E-state index in [9.17, 15) is 4.79 Å². The van der Waals surface area contributed by atoms with Crippen LogP contribution >= 0.6 is 11.5 Å². The first-order valence-electron chi connectivity index (χ1n) is 6.24. The van der Waals surface area contributed by atoms with Crippen molar-refractivity contribution in [2.24, 2.45) is 0 Å². The molecule has 112 valence electrons. The van der Waals surface area contributed by atoms with E-state index >= 15 is 0 Å². The van der Waals surface area contributed by atoms with Crippen molar-refractivity contribution in [3.63, 3.8) is 0 Å². The van der Waals surface area contributed by atoms with Crippen LogP contribution in [0.1, 0.15) is 37.0 Å². The van der Waals surface area contributed by atoms with Gasteiger partial charge in [0.05, 0.1) is 12.7 Å². The number of carboxylic acid groups (broad SMARTS) is 1. The number of aromatic carboxylic acids is 1. The van der Waals surface area contributed by atoms with Crippen molar-refractivity contribution in [2.45, 2.75) is 26.2 Å². The van der Waals surface area contributed by atoms with Crippen LogP contribution in [0.2, 0.25) is 0 Å². The molecule has 2 aromatic rings. The maximum atomic E-state index is 10.9. The van der Waals surface area contributed by atoms with E-state index in [2.05, 4.69) is 9.36 Å². The highest BCUT2D eigenvalue weighted by Gasteiger charge is 2.21. The molecule has 0 amide bonds. The molecule has 0 atom stereocenters. The summed E-state index contributed by atoms with van der Waals surface area (Å²) in [7, 11) is 1.45. The Morgan fingerprint density at radius 3 is 2.52 bits per heavy atom. The summed E-state index contributed by atoms with van der Waals surface area (Å²) in [5.74, 6) is 0.413. The van der Waals surface area contributed by atoms with Gasteiger partial charge in [0.25, 0.3) is 5.19 Å². The molecule has 0 saturated carbocycles. The molecule has 1 N–H and O–H groups in total. The van der Waals surface area contributed by atoms with Crippen molar-refractivity contribution in [3.05, 3.63) is 29.6 Å². The van der Waals surface area contributed by atoms with Crippen LogP contribution in [0.4, 0.5) is 0 Å². The predicted octanol–water partition coefficient (Wildman–Crippen LogP) is 3.33. The minimum Gasteiger partial charge on any atom is -0.493 e. The molecule has 21 heavy (non-hydrogen) atoms. The van der Waals surface area contributed by atoms with Gasteiger partial charge in [-0.3, -0.25) is 0 Å². The minimum atomic E-state index is -1.02. The molecule has 1 heterocycles. The van der Waals surface area contributed by atoms with Gasteiger partial charge >= 0.3 is 5.97 Å². The molecule has 6 nitrogen and oxygen atoms in total. The lowest BCUT2D eigenvalue weighted by Crippen LogP contribution is -2.12. The van der Waals surface area contributed by atoms with Gasteiger partial charge in [0, 0.05) is 16.9 Å². The molecule has 0 aliphatic rings. The van der Waals surface area contributed by atoms with Crippen LogP contribution in [-0.2, 0) is 5.41 Å². The molecule has 0 aliphatic carbocycles. The first kappa shape index (κ1) is 15.2. The quantitative estimate of drug-likeness (QED) is 0.933. The monoisotopic (exact) mass is 308 g/mol. The molecule has 0 spiro atoms. The van der Waals surface area contributed by atoms with E-state index in [1.54, 1.807) is 6.07 Å². The van der Waals surface area contributed by atoms with E-state index in [0.717, 1.165) is 11.5 Å². The Morgan fingerprint density at radius 2 is 2.00 bits per heavy atom. The maximum absolute atomic E-state index is 10.9. The van der Waals surface area contributed by atoms with Gasteiger partial charge in [0.2, 0.25) is 0 Å². The van der Waals surface area contributed by atoms with Gasteiger partial charge in [-0.05, 0) is 18.2 Å². The van der Waals surface area contributed by atoms with Gasteiger partial charge in [0.1, 0.15) is 0 Å². The molecule has 0 radical (unpaired) electrons. The smallest absolute Gasteiger partial charge is 0.335 e. The summed E-state index contributed by atoms with van der Waals surface area (Å²) in [5.41, 5.74) is -0.0260. The van der Waals surface area contributed by atoms with Gasteiger partial charge in [-0.15, -0.1) is 0 Å². The first-order chi connectivity index (χ1) is 9.81. The van der Waals surface area contributed by atoms with E-state index in [4.69, 9.17) is 14.6 Å². The molecule has 0 saturated heterocycles. The number of hydrogen-bond acceptors (Lipinski definition) is 6. The topological polar surface area (TPSA) is 81.5 Å². The Bertz CT molecular complexity index is 661.